The Balaban J connectivity index is 1.82. The normalized spacial score (nSPS) is 17.6. The molecular weight excluding hydrogens is 304 g/mol. The molecular formula is C18H28N4O2. The van der Waals surface area contributed by atoms with Crippen molar-refractivity contribution in [1.29, 1.82) is 0 Å². The third-order valence-corrected chi connectivity index (χ3v) is 3.93. The first-order chi connectivity index (χ1) is 11.7. The van der Waals surface area contributed by atoms with Crippen LogP contribution in [0, 0.1) is 0 Å². The summed E-state index contributed by atoms with van der Waals surface area (Å²) in [6.07, 6.45) is 3.43. The maximum Gasteiger partial charge on any atom is 0.251 e. The zero-order valence-corrected chi connectivity index (χ0v) is 14.6. The number of benzene rings is 1. The Hall–Kier alpha value is -2.08. The first-order valence-corrected chi connectivity index (χ1v) is 8.66. The summed E-state index contributed by atoms with van der Waals surface area (Å²) < 4.78 is 5.60. The van der Waals surface area contributed by atoms with Crippen molar-refractivity contribution >= 4 is 11.9 Å². The predicted molar refractivity (Wildman–Crippen MR) is 96.2 cm³/mol. The molecule has 6 heteroatoms. The number of aliphatic imine (C=N–C) groups is 1. The lowest BCUT2D eigenvalue weighted by Gasteiger charge is -2.15. The number of ether oxygens (including phenoxy) is 1. The molecule has 24 heavy (non-hydrogen) atoms. The lowest BCUT2D eigenvalue weighted by atomic mass is 10.1. The number of rotatable bonds is 7. The lowest BCUT2D eigenvalue weighted by Crippen LogP contribution is -2.40. The summed E-state index contributed by atoms with van der Waals surface area (Å²) in [7, 11) is 1.75. The third-order valence-electron chi connectivity index (χ3n) is 3.93. The molecule has 1 aromatic carbocycles. The molecule has 1 aliphatic rings. The molecule has 1 aliphatic heterocycles. The van der Waals surface area contributed by atoms with E-state index < -0.39 is 0 Å². The largest absolute Gasteiger partial charge is 0.376 e. The number of carbonyl (C=O) groups is 1. The van der Waals surface area contributed by atoms with Gasteiger partial charge in [0.15, 0.2) is 5.96 Å². The molecule has 6 nitrogen and oxygen atoms in total. The number of hydrogen-bond acceptors (Lipinski definition) is 3. The van der Waals surface area contributed by atoms with Gasteiger partial charge in [0.05, 0.1) is 6.10 Å². The molecule has 0 saturated carbocycles. The zero-order chi connectivity index (χ0) is 17.2. The Kier molecular flexibility index (Phi) is 7.55. The van der Waals surface area contributed by atoms with E-state index in [0.717, 1.165) is 43.9 Å². The van der Waals surface area contributed by atoms with Crippen LogP contribution in [-0.4, -0.2) is 44.7 Å². The van der Waals surface area contributed by atoms with Gasteiger partial charge < -0.3 is 20.7 Å². The first kappa shape index (κ1) is 18.3. The standard InChI is InChI=1S/C18H28N4O2/c1-3-9-20-17(23)15-7-4-6-14(11-15)12-21-18(19-2)22-13-16-8-5-10-24-16/h4,6-7,11,16H,3,5,8-10,12-13H2,1-2H3,(H,20,23)(H2,19,21,22). The van der Waals surface area contributed by atoms with E-state index in [-0.39, 0.29) is 12.0 Å². The van der Waals surface area contributed by atoms with Gasteiger partial charge in [0.2, 0.25) is 0 Å². The summed E-state index contributed by atoms with van der Waals surface area (Å²) in [5.41, 5.74) is 1.73. The molecule has 0 aliphatic carbocycles. The average molecular weight is 332 g/mol. The van der Waals surface area contributed by atoms with Gasteiger partial charge in [-0.1, -0.05) is 19.1 Å². The summed E-state index contributed by atoms with van der Waals surface area (Å²) in [5, 5.41) is 9.45. The SMILES string of the molecule is CCCNC(=O)c1cccc(CNC(=NC)NCC2CCCO2)c1. The molecule has 2 rings (SSSR count). The van der Waals surface area contributed by atoms with Crippen LogP contribution in [0.4, 0.5) is 0 Å². The number of nitrogens with one attached hydrogen (secondary N) is 3. The maximum absolute atomic E-state index is 12.0. The van der Waals surface area contributed by atoms with E-state index >= 15 is 0 Å². The fourth-order valence-corrected chi connectivity index (χ4v) is 2.59. The van der Waals surface area contributed by atoms with Crippen molar-refractivity contribution in [2.24, 2.45) is 4.99 Å². The van der Waals surface area contributed by atoms with E-state index in [4.69, 9.17) is 4.74 Å². The van der Waals surface area contributed by atoms with Gasteiger partial charge in [0.1, 0.15) is 0 Å². The molecule has 1 atom stereocenters. The maximum atomic E-state index is 12.0. The van der Waals surface area contributed by atoms with E-state index in [1.54, 1.807) is 7.05 Å². The highest BCUT2D eigenvalue weighted by molar-refractivity contribution is 5.94. The quantitative estimate of drug-likeness (QED) is 0.524. The molecule has 1 amide bonds. The Morgan fingerprint density at radius 2 is 2.21 bits per heavy atom. The monoisotopic (exact) mass is 332 g/mol. The third kappa shape index (κ3) is 5.85. The van der Waals surface area contributed by atoms with Crippen molar-refractivity contribution in [2.75, 3.05) is 26.7 Å². The zero-order valence-electron chi connectivity index (χ0n) is 14.6. The average Bonchev–Trinajstić information content (AvgIpc) is 3.13. The molecule has 1 unspecified atom stereocenters. The van der Waals surface area contributed by atoms with Crippen LogP contribution < -0.4 is 16.0 Å². The van der Waals surface area contributed by atoms with Crippen LogP contribution in [0.25, 0.3) is 0 Å². The molecule has 1 saturated heterocycles. The van der Waals surface area contributed by atoms with Crippen LogP contribution in [0.5, 0.6) is 0 Å². The smallest absolute Gasteiger partial charge is 0.251 e. The van der Waals surface area contributed by atoms with E-state index in [0.29, 0.717) is 18.7 Å². The Labute approximate surface area is 144 Å². The Morgan fingerprint density at radius 3 is 2.92 bits per heavy atom. The van der Waals surface area contributed by atoms with Crippen molar-refractivity contribution in [3.05, 3.63) is 35.4 Å². The Morgan fingerprint density at radius 1 is 1.33 bits per heavy atom. The van der Waals surface area contributed by atoms with Crippen molar-refractivity contribution in [2.45, 2.75) is 38.8 Å². The highest BCUT2D eigenvalue weighted by atomic mass is 16.5. The number of nitrogens with zero attached hydrogens (tertiary/aromatic N) is 1. The van der Waals surface area contributed by atoms with Gasteiger partial charge in [-0.2, -0.15) is 0 Å². The van der Waals surface area contributed by atoms with E-state index in [1.165, 1.54) is 0 Å². The highest BCUT2D eigenvalue weighted by Crippen LogP contribution is 2.10. The molecule has 0 aromatic heterocycles. The number of amides is 1. The van der Waals surface area contributed by atoms with E-state index in [9.17, 15) is 4.79 Å². The number of guanidine groups is 1. The van der Waals surface area contributed by atoms with Crippen molar-refractivity contribution in [1.82, 2.24) is 16.0 Å². The van der Waals surface area contributed by atoms with Crippen LogP contribution >= 0.6 is 0 Å². The molecule has 3 N–H and O–H groups in total. The van der Waals surface area contributed by atoms with Gasteiger partial charge in [-0.25, -0.2) is 0 Å². The fourth-order valence-electron chi connectivity index (χ4n) is 2.59. The van der Waals surface area contributed by atoms with Gasteiger partial charge in [0, 0.05) is 38.9 Å². The predicted octanol–water partition coefficient (Wildman–Crippen LogP) is 1.67. The van der Waals surface area contributed by atoms with Crippen molar-refractivity contribution in [3.63, 3.8) is 0 Å². The topological polar surface area (TPSA) is 74.8 Å². The summed E-state index contributed by atoms with van der Waals surface area (Å²) in [4.78, 5) is 16.2. The van der Waals surface area contributed by atoms with Crippen LogP contribution in [0.3, 0.4) is 0 Å². The highest BCUT2D eigenvalue weighted by Gasteiger charge is 2.15. The van der Waals surface area contributed by atoms with Gasteiger partial charge >= 0.3 is 0 Å². The van der Waals surface area contributed by atoms with Gasteiger partial charge in [-0.05, 0) is 37.0 Å². The summed E-state index contributed by atoms with van der Waals surface area (Å²) >= 11 is 0. The molecule has 0 bridgehead atoms. The molecule has 0 radical (unpaired) electrons. The van der Waals surface area contributed by atoms with Crippen LogP contribution in [0.15, 0.2) is 29.3 Å². The summed E-state index contributed by atoms with van der Waals surface area (Å²) in [6.45, 7) is 4.96. The molecule has 1 aromatic rings. The van der Waals surface area contributed by atoms with Crippen LogP contribution in [0.2, 0.25) is 0 Å². The second-order valence-electron chi connectivity index (χ2n) is 5.90. The van der Waals surface area contributed by atoms with Gasteiger partial charge in [-0.15, -0.1) is 0 Å². The molecule has 1 heterocycles. The van der Waals surface area contributed by atoms with Crippen LogP contribution in [-0.2, 0) is 11.3 Å². The second kappa shape index (κ2) is 9.93. The summed E-state index contributed by atoms with van der Waals surface area (Å²) in [6, 6.07) is 7.64. The lowest BCUT2D eigenvalue weighted by molar-refractivity contribution is 0.0953. The second-order valence-corrected chi connectivity index (χ2v) is 5.90. The fraction of sp³-hybridized carbons (Fsp3) is 0.556. The first-order valence-electron chi connectivity index (χ1n) is 8.66. The van der Waals surface area contributed by atoms with Crippen LogP contribution in [0.1, 0.15) is 42.1 Å². The van der Waals surface area contributed by atoms with Gasteiger partial charge in [0.25, 0.3) is 5.91 Å². The number of hydrogen-bond donors (Lipinski definition) is 3. The van der Waals surface area contributed by atoms with Gasteiger partial charge in [-0.3, -0.25) is 9.79 Å². The Bertz CT molecular complexity index is 554. The number of carbonyl (C=O) groups excluding carboxylic acids is 1. The van der Waals surface area contributed by atoms with Crippen molar-refractivity contribution in [3.8, 4) is 0 Å². The molecule has 1 fully saturated rings. The minimum Gasteiger partial charge on any atom is -0.376 e. The van der Waals surface area contributed by atoms with E-state index in [1.807, 2.05) is 31.2 Å². The van der Waals surface area contributed by atoms with Crippen molar-refractivity contribution < 1.29 is 9.53 Å². The molecule has 132 valence electrons. The van der Waals surface area contributed by atoms with E-state index in [2.05, 4.69) is 20.9 Å². The molecule has 0 spiro atoms. The minimum atomic E-state index is -0.0282. The minimum absolute atomic E-state index is 0.0282. The summed E-state index contributed by atoms with van der Waals surface area (Å²) in [5.74, 6) is 0.714.